The molecule has 0 bridgehead atoms. The number of piperidine rings is 1. The normalized spacial score (nSPS) is 16.3. The van der Waals surface area contributed by atoms with Gasteiger partial charge in [-0.1, -0.05) is 37.3 Å². The Morgan fingerprint density at radius 1 is 1.10 bits per heavy atom. The molecule has 0 unspecified atom stereocenters. The first-order valence-corrected chi connectivity index (χ1v) is 10.6. The van der Waals surface area contributed by atoms with Gasteiger partial charge in [-0.05, 0) is 81.2 Å². The van der Waals surface area contributed by atoms with Crippen molar-refractivity contribution in [1.29, 1.82) is 0 Å². The van der Waals surface area contributed by atoms with E-state index in [9.17, 15) is 4.79 Å². The maximum atomic E-state index is 13.0. The molecule has 156 valence electrons. The minimum atomic E-state index is -0.375. The van der Waals surface area contributed by atoms with Crippen LogP contribution in [0, 0.1) is 5.92 Å². The largest absolute Gasteiger partial charge is 0.497 e. The molecule has 0 aromatic heterocycles. The van der Waals surface area contributed by atoms with E-state index in [0.717, 1.165) is 42.4 Å². The van der Waals surface area contributed by atoms with E-state index in [2.05, 4.69) is 22.5 Å². The van der Waals surface area contributed by atoms with Crippen molar-refractivity contribution < 1.29 is 9.53 Å². The fourth-order valence-electron chi connectivity index (χ4n) is 3.73. The Morgan fingerprint density at radius 2 is 1.79 bits per heavy atom. The van der Waals surface area contributed by atoms with Gasteiger partial charge in [-0.2, -0.15) is 0 Å². The highest BCUT2D eigenvalue weighted by Crippen LogP contribution is 2.19. The number of anilines is 1. The number of rotatable bonds is 9. The van der Waals surface area contributed by atoms with E-state index in [1.807, 2.05) is 54.6 Å². The lowest BCUT2D eigenvalue weighted by atomic mass is 9.99. The second-order valence-electron chi connectivity index (χ2n) is 7.89. The minimum absolute atomic E-state index is 0.0480. The number of benzene rings is 2. The van der Waals surface area contributed by atoms with Gasteiger partial charge in [0.05, 0.1) is 7.11 Å². The van der Waals surface area contributed by atoms with Gasteiger partial charge < -0.3 is 20.3 Å². The van der Waals surface area contributed by atoms with Crippen LogP contribution in [0.25, 0.3) is 0 Å². The number of hydrogen-bond acceptors (Lipinski definition) is 4. The Balaban J connectivity index is 1.55. The highest BCUT2D eigenvalue weighted by atomic mass is 16.5. The Kier molecular flexibility index (Phi) is 8.08. The third-order valence-corrected chi connectivity index (χ3v) is 5.63. The van der Waals surface area contributed by atoms with Crippen LogP contribution in [0.4, 0.5) is 5.69 Å². The molecule has 1 heterocycles. The number of nitrogens with one attached hydrogen (secondary N) is 2. The average Bonchev–Trinajstić information content (AvgIpc) is 2.76. The summed E-state index contributed by atoms with van der Waals surface area (Å²) in [5.74, 6) is 1.58. The number of carbonyl (C=O) groups excluding carboxylic acids is 1. The number of amides is 1. The first-order chi connectivity index (χ1) is 14.2. The third-order valence-electron chi connectivity index (χ3n) is 5.63. The molecule has 0 aliphatic carbocycles. The molecule has 2 aromatic rings. The maximum Gasteiger partial charge on any atom is 0.246 e. The van der Waals surface area contributed by atoms with E-state index in [0.29, 0.717) is 0 Å². The zero-order valence-electron chi connectivity index (χ0n) is 17.6. The van der Waals surface area contributed by atoms with Crippen molar-refractivity contribution in [3.8, 4) is 5.75 Å². The molecule has 3 rings (SSSR count). The molecule has 1 aliphatic heterocycles. The summed E-state index contributed by atoms with van der Waals surface area (Å²) >= 11 is 0. The van der Waals surface area contributed by atoms with Gasteiger partial charge in [-0.3, -0.25) is 4.79 Å². The van der Waals surface area contributed by atoms with Crippen LogP contribution >= 0.6 is 0 Å². The molecule has 1 atom stereocenters. The standard InChI is InChI=1S/C24H33N3O2/c1-19-13-17-27(18-14-19)16-6-15-25-23(20-7-4-3-5-8-20)24(28)26-21-9-11-22(29-2)12-10-21/h3-5,7-12,19,23,25H,6,13-18H2,1-2H3,(H,26,28)/t23-/m0/s1. The number of ether oxygens (including phenoxy) is 1. The van der Waals surface area contributed by atoms with Gasteiger partial charge in [0.25, 0.3) is 0 Å². The molecule has 0 saturated carbocycles. The topological polar surface area (TPSA) is 53.6 Å². The van der Waals surface area contributed by atoms with Crippen LogP contribution in [-0.4, -0.2) is 44.1 Å². The number of methoxy groups -OCH3 is 1. The van der Waals surface area contributed by atoms with Crippen LogP contribution in [0.3, 0.4) is 0 Å². The van der Waals surface area contributed by atoms with Crippen LogP contribution in [-0.2, 0) is 4.79 Å². The lowest BCUT2D eigenvalue weighted by molar-refractivity contribution is -0.118. The first-order valence-electron chi connectivity index (χ1n) is 10.6. The second kappa shape index (κ2) is 11.0. The molecule has 1 fully saturated rings. The lowest BCUT2D eigenvalue weighted by Crippen LogP contribution is -2.37. The van der Waals surface area contributed by atoms with Crippen molar-refractivity contribution in [2.24, 2.45) is 5.92 Å². The summed E-state index contributed by atoms with van der Waals surface area (Å²) in [7, 11) is 1.63. The fraction of sp³-hybridized carbons (Fsp3) is 0.458. The highest BCUT2D eigenvalue weighted by molar-refractivity contribution is 5.95. The predicted molar refractivity (Wildman–Crippen MR) is 118 cm³/mol. The number of nitrogens with zero attached hydrogens (tertiary/aromatic N) is 1. The molecule has 0 radical (unpaired) electrons. The van der Waals surface area contributed by atoms with Crippen molar-refractivity contribution in [1.82, 2.24) is 10.2 Å². The summed E-state index contributed by atoms with van der Waals surface area (Å²) in [6.45, 7) is 6.62. The van der Waals surface area contributed by atoms with E-state index in [1.165, 1.54) is 25.9 Å². The summed E-state index contributed by atoms with van der Waals surface area (Å²) in [4.78, 5) is 15.5. The van der Waals surface area contributed by atoms with Crippen LogP contribution in [0.15, 0.2) is 54.6 Å². The Morgan fingerprint density at radius 3 is 2.45 bits per heavy atom. The van der Waals surface area contributed by atoms with Gasteiger partial charge in [0.15, 0.2) is 0 Å². The van der Waals surface area contributed by atoms with Crippen molar-refractivity contribution >= 4 is 11.6 Å². The van der Waals surface area contributed by atoms with E-state index in [4.69, 9.17) is 4.74 Å². The summed E-state index contributed by atoms with van der Waals surface area (Å²) in [5.41, 5.74) is 1.74. The summed E-state index contributed by atoms with van der Waals surface area (Å²) in [6.07, 6.45) is 3.63. The van der Waals surface area contributed by atoms with Gasteiger partial charge in [-0.15, -0.1) is 0 Å². The lowest BCUT2D eigenvalue weighted by Gasteiger charge is -2.30. The van der Waals surface area contributed by atoms with Crippen molar-refractivity contribution in [2.75, 3.05) is 38.6 Å². The Labute approximate surface area is 174 Å². The van der Waals surface area contributed by atoms with E-state index < -0.39 is 0 Å². The van der Waals surface area contributed by atoms with Crippen molar-refractivity contribution in [2.45, 2.75) is 32.2 Å². The molecule has 5 heteroatoms. The number of hydrogen-bond donors (Lipinski definition) is 2. The summed E-state index contributed by atoms with van der Waals surface area (Å²) in [5, 5.41) is 6.48. The van der Waals surface area contributed by atoms with E-state index in [-0.39, 0.29) is 11.9 Å². The van der Waals surface area contributed by atoms with Crippen molar-refractivity contribution in [3.05, 3.63) is 60.2 Å². The van der Waals surface area contributed by atoms with Crippen LogP contribution in [0.5, 0.6) is 5.75 Å². The van der Waals surface area contributed by atoms with Gasteiger partial charge in [-0.25, -0.2) is 0 Å². The molecule has 0 spiro atoms. The molecule has 2 N–H and O–H groups in total. The first kappa shape index (κ1) is 21.3. The fourth-order valence-corrected chi connectivity index (χ4v) is 3.73. The second-order valence-corrected chi connectivity index (χ2v) is 7.89. The molecular formula is C24H33N3O2. The smallest absolute Gasteiger partial charge is 0.246 e. The third kappa shape index (κ3) is 6.58. The quantitative estimate of drug-likeness (QED) is 0.628. The average molecular weight is 396 g/mol. The summed E-state index contributed by atoms with van der Waals surface area (Å²) < 4.78 is 5.18. The van der Waals surface area contributed by atoms with E-state index in [1.54, 1.807) is 7.11 Å². The Hall–Kier alpha value is -2.37. The highest BCUT2D eigenvalue weighted by Gasteiger charge is 2.20. The van der Waals surface area contributed by atoms with Crippen LogP contribution in [0.1, 0.15) is 37.8 Å². The molecule has 29 heavy (non-hydrogen) atoms. The SMILES string of the molecule is COc1ccc(NC(=O)[C@@H](NCCCN2CCC(C)CC2)c2ccccc2)cc1. The zero-order chi connectivity index (χ0) is 20.5. The molecule has 5 nitrogen and oxygen atoms in total. The number of carbonyl (C=O) groups is 1. The van der Waals surface area contributed by atoms with Gasteiger partial charge in [0.2, 0.25) is 5.91 Å². The zero-order valence-corrected chi connectivity index (χ0v) is 17.6. The molecule has 2 aromatic carbocycles. The molecule has 1 amide bonds. The molecular weight excluding hydrogens is 362 g/mol. The van der Waals surface area contributed by atoms with Gasteiger partial charge in [0, 0.05) is 5.69 Å². The monoisotopic (exact) mass is 395 g/mol. The molecule has 1 saturated heterocycles. The van der Waals surface area contributed by atoms with Crippen LogP contribution < -0.4 is 15.4 Å². The summed E-state index contributed by atoms with van der Waals surface area (Å²) in [6, 6.07) is 16.9. The number of likely N-dealkylation sites (tertiary alicyclic amines) is 1. The Bertz CT molecular complexity index is 740. The molecule has 1 aliphatic rings. The van der Waals surface area contributed by atoms with Crippen LogP contribution in [0.2, 0.25) is 0 Å². The van der Waals surface area contributed by atoms with Crippen molar-refractivity contribution in [3.63, 3.8) is 0 Å². The van der Waals surface area contributed by atoms with E-state index >= 15 is 0 Å². The predicted octanol–water partition coefficient (Wildman–Crippen LogP) is 4.09. The van der Waals surface area contributed by atoms with Gasteiger partial charge in [0.1, 0.15) is 11.8 Å². The maximum absolute atomic E-state index is 13.0. The minimum Gasteiger partial charge on any atom is -0.497 e. The van der Waals surface area contributed by atoms with Gasteiger partial charge >= 0.3 is 0 Å².